The molecule has 1 heterocycles. The Morgan fingerprint density at radius 3 is 2.50 bits per heavy atom. The molecule has 20 heavy (non-hydrogen) atoms. The van der Waals surface area contributed by atoms with E-state index in [1.165, 1.54) is 18.2 Å². The maximum atomic E-state index is 14.1. The van der Waals surface area contributed by atoms with Crippen LogP contribution in [0.3, 0.4) is 0 Å². The van der Waals surface area contributed by atoms with Crippen LogP contribution in [-0.2, 0) is 6.42 Å². The summed E-state index contributed by atoms with van der Waals surface area (Å²) in [5.74, 6) is -2.07. The quantitative estimate of drug-likeness (QED) is 0.913. The molecular formula is C15H11F2NO2. The molecule has 0 saturated heterocycles. The molecule has 5 heteroatoms. The first-order valence-electron chi connectivity index (χ1n) is 6.15. The second-order valence-electron chi connectivity index (χ2n) is 4.65. The number of aromatic carboxylic acids is 1. The topological polar surface area (TPSA) is 40.5 Å². The second-order valence-corrected chi connectivity index (χ2v) is 4.65. The van der Waals surface area contributed by atoms with Crippen molar-refractivity contribution in [2.45, 2.75) is 6.42 Å². The number of carboxylic acids is 1. The van der Waals surface area contributed by atoms with Gasteiger partial charge in [-0.05, 0) is 48.4 Å². The van der Waals surface area contributed by atoms with Crippen molar-refractivity contribution in [1.29, 1.82) is 0 Å². The Morgan fingerprint density at radius 1 is 1.15 bits per heavy atom. The molecule has 0 radical (unpaired) electrons. The lowest BCUT2D eigenvalue weighted by molar-refractivity contribution is 0.0696. The zero-order valence-electron chi connectivity index (χ0n) is 10.4. The van der Waals surface area contributed by atoms with Gasteiger partial charge in [-0.2, -0.15) is 0 Å². The largest absolute Gasteiger partial charge is 0.478 e. The van der Waals surface area contributed by atoms with Crippen molar-refractivity contribution < 1.29 is 18.7 Å². The number of hydrogen-bond donors (Lipinski definition) is 1. The summed E-state index contributed by atoms with van der Waals surface area (Å²) in [6, 6.07) is 8.30. The number of carbonyl (C=O) groups is 1. The van der Waals surface area contributed by atoms with Crippen LogP contribution in [0, 0.1) is 11.6 Å². The molecule has 1 N–H and O–H groups in total. The fourth-order valence-electron chi connectivity index (χ4n) is 2.50. The van der Waals surface area contributed by atoms with Crippen molar-refractivity contribution in [2.75, 3.05) is 11.4 Å². The number of nitrogens with zero attached hydrogens (tertiary/aromatic N) is 1. The number of anilines is 2. The summed E-state index contributed by atoms with van der Waals surface area (Å²) < 4.78 is 27.1. The Morgan fingerprint density at radius 2 is 1.85 bits per heavy atom. The molecule has 1 aliphatic rings. The summed E-state index contributed by atoms with van der Waals surface area (Å²) in [5, 5.41) is 8.93. The van der Waals surface area contributed by atoms with Crippen molar-refractivity contribution in [1.82, 2.24) is 0 Å². The normalized spacial score (nSPS) is 13.4. The highest BCUT2D eigenvalue weighted by molar-refractivity contribution is 5.89. The van der Waals surface area contributed by atoms with Crippen LogP contribution in [0.15, 0.2) is 36.4 Å². The average Bonchev–Trinajstić information content (AvgIpc) is 2.84. The molecule has 2 aromatic carbocycles. The molecule has 0 unspecified atom stereocenters. The first kappa shape index (κ1) is 12.6. The predicted octanol–water partition coefficient (Wildman–Crippen LogP) is 3.36. The van der Waals surface area contributed by atoms with Crippen molar-refractivity contribution in [3.05, 3.63) is 59.2 Å². The molecule has 0 bridgehead atoms. The lowest BCUT2D eigenvalue weighted by atomic mass is 10.1. The van der Waals surface area contributed by atoms with E-state index in [1.54, 1.807) is 17.0 Å². The van der Waals surface area contributed by atoms with Crippen LogP contribution >= 0.6 is 0 Å². The summed E-state index contributed by atoms with van der Waals surface area (Å²) in [6.45, 7) is 0.543. The first-order chi connectivity index (χ1) is 9.56. The third kappa shape index (κ3) is 2.01. The van der Waals surface area contributed by atoms with Crippen LogP contribution in [0.4, 0.5) is 20.2 Å². The standard InChI is InChI=1S/C15H11F2NO2/c16-11-1-3-12(4-2-11)18-6-5-9-7-10(15(19)20)8-13(17)14(9)18/h1-4,7-8H,5-6H2,(H,19,20). The van der Waals surface area contributed by atoms with Gasteiger partial charge in [0, 0.05) is 12.2 Å². The number of halogens is 2. The van der Waals surface area contributed by atoms with Gasteiger partial charge in [0.15, 0.2) is 0 Å². The van der Waals surface area contributed by atoms with E-state index in [9.17, 15) is 13.6 Å². The molecule has 0 aromatic heterocycles. The van der Waals surface area contributed by atoms with Gasteiger partial charge in [-0.3, -0.25) is 0 Å². The molecule has 0 aliphatic carbocycles. The van der Waals surface area contributed by atoms with Gasteiger partial charge >= 0.3 is 5.97 Å². The highest BCUT2D eigenvalue weighted by Gasteiger charge is 2.26. The molecule has 2 aromatic rings. The third-order valence-corrected chi connectivity index (χ3v) is 3.40. The molecule has 0 saturated carbocycles. The van der Waals surface area contributed by atoms with Crippen LogP contribution in [0.2, 0.25) is 0 Å². The molecule has 1 aliphatic heterocycles. The molecule has 0 amide bonds. The first-order valence-corrected chi connectivity index (χ1v) is 6.15. The zero-order valence-corrected chi connectivity index (χ0v) is 10.4. The van der Waals surface area contributed by atoms with Crippen LogP contribution in [0.5, 0.6) is 0 Å². The molecule has 0 atom stereocenters. The highest BCUT2D eigenvalue weighted by Crippen LogP contribution is 2.37. The Labute approximate surface area is 114 Å². The molecule has 102 valence electrons. The number of benzene rings is 2. The summed E-state index contributed by atoms with van der Waals surface area (Å²) in [6.07, 6.45) is 0.560. The average molecular weight is 275 g/mol. The lowest BCUT2D eigenvalue weighted by Crippen LogP contribution is -2.14. The van der Waals surface area contributed by atoms with E-state index in [-0.39, 0.29) is 11.4 Å². The van der Waals surface area contributed by atoms with Crippen LogP contribution in [0.25, 0.3) is 0 Å². The maximum absolute atomic E-state index is 14.1. The highest BCUT2D eigenvalue weighted by atomic mass is 19.1. The Hall–Kier alpha value is -2.43. The zero-order chi connectivity index (χ0) is 14.3. The number of rotatable bonds is 2. The molecule has 3 rings (SSSR count). The molecule has 0 fully saturated rings. The smallest absolute Gasteiger partial charge is 0.335 e. The van der Waals surface area contributed by atoms with E-state index in [1.807, 2.05) is 0 Å². The summed E-state index contributed by atoms with van der Waals surface area (Å²) in [7, 11) is 0. The number of fused-ring (bicyclic) bond motifs is 1. The van der Waals surface area contributed by atoms with Gasteiger partial charge in [0.05, 0.1) is 11.3 Å². The molecule has 3 nitrogen and oxygen atoms in total. The lowest BCUT2D eigenvalue weighted by Gasteiger charge is -2.20. The van der Waals surface area contributed by atoms with E-state index in [2.05, 4.69) is 0 Å². The van der Waals surface area contributed by atoms with Gasteiger partial charge in [-0.15, -0.1) is 0 Å². The molecule has 0 spiro atoms. The second kappa shape index (κ2) is 4.59. The van der Waals surface area contributed by atoms with Crippen LogP contribution in [-0.4, -0.2) is 17.6 Å². The van der Waals surface area contributed by atoms with E-state index >= 15 is 0 Å². The van der Waals surface area contributed by atoms with Gasteiger partial charge in [0.25, 0.3) is 0 Å². The minimum Gasteiger partial charge on any atom is -0.478 e. The SMILES string of the molecule is O=C(O)c1cc(F)c2c(c1)CCN2c1ccc(F)cc1. The van der Waals surface area contributed by atoms with Crippen molar-refractivity contribution >= 4 is 17.3 Å². The van der Waals surface area contributed by atoms with E-state index in [4.69, 9.17) is 5.11 Å². The van der Waals surface area contributed by atoms with Crippen molar-refractivity contribution in [3.8, 4) is 0 Å². The van der Waals surface area contributed by atoms with E-state index in [0.717, 1.165) is 6.07 Å². The summed E-state index contributed by atoms with van der Waals surface area (Å²) >= 11 is 0. The fourth-order valence-corrected chi connectivity index (χ4v) is 2.50. The summed E-state index contributed by atoms with van der Waals surface area (Å²) in [5.41, 5.74) is 1.67. The Bertz CT molecular complexity index is 683. The third-order valence-electron chi connectivity index (χ3n) is 3.40. The number of hydrogen-bond acceptors (Lipinski definition) is 2. The van der Waals surface area contributed by atoms with Gasteiger partial charge in [-0.1, -0.05) is 0 Å². The van der Waals surface area contributed by atoms with Crippen LogP contribution in [0.1, 0.15) is 15.9 Å². The van der Waals surface area contributed by atoms with Crippen LogP contribution < -0.4 is 4.90 Å². The van der Waals surface area contributed by atoms with Gasteiger partial charge in [0.2, 0.25) is 0 Å². The Balaban J connectivity index is 2.06. The maximum Gasteiger partial charge on any atom is 0.335 e. The minimum atomic E-state index is -1.15. The predicted molar refractivity (Wildman–Crippen MR) is 70.5 cm³/mol. The van der Waals surface area contributed by atoms with E-state index < -0.39 is 11.8 Å². The van der Waals surface area contributed by atoms with Gasteiger partial charge in [-0.25, -0.2) is 13.6 Å². The van der Waals surface area contributed by atoms with Gasteiger partial charge < -0.3 is 10.0 Å². The summed E-state index contributed by atoms with van der Waals surface area (Å²) in [4.78, 5) is 12.7. The fraction of sp³-hybridized carbons (Fsp3) is 0.133. The number of carboxylic acid groups (broad SMARTS) is 1. The van der Waals surface area contributed by atoms with Gasteiger partial charge in [0.1, 0.15) is 11.6 Å². The van der Waals surface area contributed by atoms with E-state index in [0.29, 0.717) is 29.9 Å². The Kier molecular flexibility index (Phi) is 2.89. The van der Waals surface area contributed by atoms with Crippen molar-refractivity contribution in [2.24, 2.45) is 0 Å². The monoisotopic (exact) mass is 275 g/mol. The minimum absolute atomic E-state index is 0.0535. The van der Waals surface area contributed by atoms with Crippen molar-refractivity contribution in [3.63, 3.8) is 0 Å². The molecular weight excluding hydrogens is 264 g/mol.